The molecule has 0 unspecified atom stereocenters. The maximum atomic E-state index is 11.4. The molecule has 0 aliphatic heterocycles. The van der Waals surface area contributed by atoms with Crippen LogP contribution in [0.4, 0.5) is 0 Å². The van der Waals surface area contributed by atoms with Crippen molar-refractivity contribution in [1.82, 2.24) is 0 Å². The summed E-state index contributed by atoms with van der Waals surface area (Å²) in [5.41, 5.74) is 0.0719. The zero-order valence-corrected chi connectivity index (χ0v) is 11.1. The third-order valence-corrected chi connectivity index (χ3v) is 3.33. The van der Waals surface area contributed by atoms with Crippen LogP contribution < -0.4 is 4.74 Å². The van der Waals surface area contributed by atoms with E-state index in [0.717, 1.165) is 6.07 Å². The van der Waals surface area contributed by atoms with Gasteiger partial charge in [-0.3, -0.25) is 0 Å². The Morgan fingerprint density at radius 1 is 1.50 bits per heavy atom. The van der Waals surface area contributed by atoms with Crippen LogP contribution in [0.15, 0.2) is 35.7 Å². The van der Waals surface area contributed by atoms with Crippen LogP contribution in [0.1, 0.15) is 10.4 Å². The SMILES string of the molecule is C=CCOc1ccc(C(=O)OC)cc1S(=O)(=O)Cl. The molecule has 1 aromatic rings. The molecule has 0 aliphatic carbocycles. The minimum atomic E-state index is -4.02. The Hall–Kier alpha value is -1.53. The van der Waals surface area contributed by atoms with Crippen molar-refractivity contribution in [3.63, 3.8) is 0 Å². The topological polar surface area (TPSA) is 69.7 Å². The van der Waals surface area contributed by atoms with Crippen molar-refractivity contribution in [2.75, 3.05) is 13.7 Å². The molecule has 5 nitrogen and oxygen atoms in total. The molecule has 1 rings (SSSR count). The third-order valence-electron chi connectivity index (χ3n) is 1.98. The quantitative estimate of drug-likeness (QED) is 0.471. The Balaban J connectivity index is 3.29. The predicted molar refractivity (Wildman–Crippen MR) is 66.5 cm³/mol. The number of esters is 1. The van der Waals surface area contributed by atoms with E-state index in [9.17, 15) is 13.2 Å². The lowest BCUT2D eigenvalue weighted by Crippen LogP contribution is -2.05. The lowest BCUT2D eigenvalue weighted by molar-refractivity contribution is 0.0600. The van der Waals surface area contributed by atoms with Gasteiger partial charge in [0.15, 0.2) is 0 Å². The highest BCUT2D eigenvalue weighted by atomic mass is 35.7. The van der Waals surface area contributed by atoms with Gasteiger partial charge in [-0.05, 0) is 18.2 Å². The first-order valence-corrected chi connectivity index (χ1v) is 7.11. The highest BCUT2D eigenvalue weighted by Gasteiger charge is 2.19. The van der Waals surface area contributed by atoms with Gasteiger partial charge in [0.05, 0.1) is 12.7 Å². The number of methoxy groups -OCH3 is 1. The number of halogens is 1. The van der Waals surface area contributed by atoms with E-state index in [-0.39, 0.29) is 22.8 Å². The zero-order chi connectivity index (χ0) is 13.8. The van der Waals surface area contributed by atoms with Gasteiger partial charge in [0.2, 0.25) is 0 Å². The Kier molecular flexibility index (Phi) is 4.75. The van der Waals surface area contributed by atoms with E-state index in [4.69, 9.17) is 15.4 Å². The van der Waals surface area contributed by atoms with Gasteiger partial charge in [-0.15, -0.1) is 0 Å². The predicted octanol–water partition coefficient (Wildman–Crippen LogP) is 1.97. The maximum absolute atomic E-state index is 11.4. The number of hydrogen-bond acceptors (Lipinski definition) is 5. The molecule has 0 N–H and O–H groups in total. The second-order valence-corrected chi connectivity index (χ2v) is 5.72. The first-order chi connectivity index (χ1) is 8.40. The van der Waals surface area contributed by atoms with Gasteiger partial charge >= 0.3 is 5.97 Å². The smallest absolute Gasteiger partial charge is 0.337 e. The monoisotopic (exact) mass is 290 g/mol. The molecular formula is C11H11ClO5S. The van der Waals surface area contributed by atoms with E-state index >= 15 is 0 Å². The summed E-state index contributed by atoms with van der Waals surface area (Å²) in [4.78, 5) is 11.0. The van der Waals surface area contributed by atoms with E-state index in [1.165, 1.54) is 25.3 Å². The van der Waals surface area contributed by atoms with Gasteiger partial charge in [0.25, 0.3) is 9.05 Å². The summed E-state index contributed by atoms with van der Waals surface area (Å²) in [7, 11) is 2.45. The summed E-state index contributed by atoms with van der Waals surface area (Å²) in [6, 6.07) is 3.83. The summed E-state index contributed by atoms with van der Waals surface area (Å²) < 4.78 is 32.4. The van der Waals surface area contributed by atoms with Crippen molar-refractivity contribution in [2.24, 2.45) is 0 Å². The molecule has 1 aromatic carbocycles. The van der Waals surface area contributed by atoms with Gasteiger partial charge in [-0.25, -0.2) is 13.2 Å². The van der Waals surface area contributed by atoms with Crippen molar-refractivity contribution in [1.29, 1.82) is 0 Å². The summed E-state index contributed by atoms with van der Waals surface area (Å²) in [5, 5.41) is 0. The highest BCUT2D eigenvalue weighted by Crippen LogP contribution is 2.28. The van der Waals surface area contributed by atoms with E-state index in [2.05, 4.69) is 11.3 Å². The first-order valence-electron chi connectivity index (χ1n) is 4.81. The van der Waals surface area contributed by atoms with Gasteiger partial charge in [0.1, 0.15) is 17.3 Å². The summed E-state index contributed by atoms with van der Waals surface area (Å²) in [6.45, 7) is 3.57. The summed E-state index contributed by atoms with van der Waals surface area (Å²) in [6.07, 6.45) is 1.46. The van der Waals surface area contributed by atoms with E-state index in [0.29, 0.717) is 0 Å². The third kappa shape index (κ3) is 3.48. The van der Waals surface area contributed by atoms with Gasteiger partial charge in [0, 0.05) is 10.7 Å². The van der Waals surface area contributed by atoms with Crippen molar-refractivity contribution in [3.8, 4) is 5.75 Å². The normalized spacial score (nSPS) is 10.8. The lowest BCUT2D eigenvalue weighted by Gasteiger charge is -2.09. The van der Waals surface area contributed by atoms with E-state index < -0.39 is 15.0 Å². The number of rotatable bonds is 5. The molecule has 0 heterocycles. The molecule has 98 valence electrons. The molecule has 0 fully saturated rings. The van der Waals surface area contributed by atoms with Crippen molar-refractivity contribution in [3.05, 3.63) is 36.4 Å². The fourth-order valence-corrected chi connectivity index (χ4v) is 2.21. The van der Waals surface area contributed by atoms with Crippen LogP contribution in [0.5, 0.6) is 5.75 Å². The molecule has 0 aliphatic rings. The largest absolute Gasteiger partial charge is 0.488 e. The highest BCUT2D eigenvalue weighted by molar-refractivity contribution is 8.13. The standard InChI is InChI=1S/C11H11ClO5S/c1-3-6-17-9-5-4-8(11(13)16-2)7-10(9)18(12,14)15/h3-5,7H,1,6H2,2H3. The van der Waals surface area contributed by atoms with Gasteiger partial charge in [-0.1, -0.05) is 12.7 Å². The Morgan fingerprint density at radius 2 is 2.17 bits per heavy atom. The second kappa shape index (κ2) is 5.88. The van der Waals surface area contributed by atoms with E-state index in [1.54, 1.807) is 0 Å². The molecule has 0 radical (unpaired) electrons. The summed E-state index contributed by atoms with van der Waals surface area (Å²) >= 11 is 0. The van der Waals surface area contributed by atoms with Crippen molar-refractivity contribution in [2.45, 2.75) is 4.90 Å². The average molecular weight is 291 g/mol. The van der Waals surface area contributed by atoms with Crippen LogP contribution in [0.25, 0.3) is 0 Å². The molecule has 0 saturated heterocycles. The Bertz CT molecular complexity index is 565. The lowest BCUT2D eigenvalue weighted by atomic mass is 10.2. The van der Waals surface area contributed by atoms with Crippen molar-refractivity contribution < 1.29 is 22.7 Å². The molecule has 0 spiro atoms. The summed E-state index contributed by atoms with van der Waals surface area (Å²) in [5.74, 6) is -0.607. The van der Waals surface area contributed by atoms with Gasteiger partial charge < -0.3 is 9.47 Å². The molecule has 0 amide bonds. The van der Waals surface area contributed by atoms with Crippen LogP contribution in [-0.4, -0.2) is 28.1 Å². The minimum absolute atomic E-state index is 0.0533. The molecule has 0 atom stereocenters. The molecular weight excluding hydrogens is 280 g/mol. The maximum Gasteiger partial charge on any atom is 0.337 e. The first kappa shape index (κ1) is 14.5. The van der Waals surface area contributed by atoms with Crippen LogP contribution >= 0.6 is 10.7 Å². The fraction of sp³-hybridized carbons (Fsp3) is 0.182. The molecule has 0 aromatic heterocycles. The zero-order valence-electron chi connectivity index (χ0n) is 9.55. The Labute approximate surface area is 109 Å². The molecule has 7 heteroatoms. The number of benzene rings is 1. The van der Waals surface area contributed by atoms with Crippen LogP contribution in [0.3, 0.4) is 0 Å². The van der Waals surface area contributed by atoms with Gasteiger partial charge in [-0.2, -0.15) is 0 Å². The van der Waals surface area contributed by atoms with Crippen LogP contribution in [0.2, 0.25) is 0 Å². The molecule has 18 heavy (non-hydrogen) atoms. The number of hydrogen-bond donors (Lipinski definition) is 0. The second-order valence-electron chi connectivity index (χ2n) is 3.19. The molecule has 0 bridgehead atoms. The number of carbonyl (C=O) groups is 1. The van der Waals surface area contributed by atoms with Crippen LogP contribution in [-0.2, 0) is 13.8 Å². The molecule has 0 saturated carbocycles. The number of carbonyl (C=O) groups excluding carboxylic acids is 1. The van der Waals surface area contributed by atoms with Crippen LogP contribution in [0, 0.1) is 0 Å². The minimum Gasteiger partial charge on any atom is -0.488 e. The van der Waals surface area contributed by atoms with Crippen molar-refractivity contribution >= 4 is 25.7 Å². The van der Waals surface area contributed by atoms with E-state index in [1.807, 2.05) is 0 Å². The average Bonchev–Trinajstić information content (AvgIpc) is 2.34. The number of ether oxygens (including phenoxy) is 2. The Morgan fingerprint density at radius 3 is 2.67 bits per heavy atom. The fourth-order valence-electron chi connectivity index (χ4n) is 1.21.